The van der Waals surface area contributed by atoms with Crippen LogP contribution < -0.4 is 15.8 Å². The predicted molar refractivity (Wildman–Crippen MR) is 80.3 cm³/mol. The number of carbonyl (C=O) groups is 1. The molecule has 20 heavy (non-hydrogen) atoms. The van der Waals surface area contributed by atoms with E-state index in [0.717, 1.165) is 18.7 Å². The van der Waals surface area contributed by atoms with Crippen molar-refractivity contribution >= 4 is 23.2 Å². The number of nitrogens with zero attached hydrogens (tertiary/aromatic N) is 1. The summed E-state index contributed by atoms with van der Waals surface area (Å²) < 4.78 is 5.24. The second-order valence-electron chi connectivity index (χ2n) is 4.91. The molecule has 1 aliphatic heterocycles. The fraction of sp³-hybridized carbons (Fsp3) is 0.500. The minimum absolute atomic E-state index is 0.125. The van der Waals surface area contributed by atoms with Crippen LogP contribution in [-0.2, 0) is 4.79 Å². The van der Waals surface area contributed by atoms with E-state index in [2.05, 4.69) is 5.32 Å². The number of hydrogen-bond acceptors (Lipinski definition) is 4. The third kappa shape index (κ3) is 3.77. The average molecular weight is 298 g/mol. The number of nitrogens with two attached hydrogens (primary N) is 1. The Morgan fingerprint density at radius 1 is 1.60 bits per heavy atom. The van der Waals surface area contributed by atoms with E-state index in [9.17, 15) is 4.79 Å². The van der Waals surface area contributed by atoms with Gasteiger partial charge in [0.25, 0.3) is 0 Å². The maximum absolute atomic E-state index is 12.0. The lowest BCUT2D eigenvalue weighted by Gasteiger charge is -2.16. The molecule has 2 rings (SSSR count). The number of hydrogen-bond donors (Lipinski definition) is 2. The Balaban J connectivity index is 1.83. The molecular formula is C14H20ClN3O2. The first-order chi connectivity index (χ1) is 9.60. The highest BCUT2D eigenvalue weighted by atomic mass is 35.5. The number of benzene rings is 1. The summed E-state index contributed by atoms with van der Waals surface area (Å²) in [6, 6.07) is 5.48. The van der Waals surface area contributed by atoms with Crippen LogP contribution in [0.2, 0.25) is 5.02 Å². The highest BCUT2D eigenvalue weighted by Crippen LogP contribution is 2.27. The third-order valence-electron chi connectivity index (χ3n) is 3.39. The fourth-order valence-electron chi connectivity index (χ4n) is 2.29. The first-order valence-corrected chi connectivity index (χ1v) is 7.08. The fourth-order valence-corrected chi connectivity index (χ4v) is 2.47. The van der Waals surface area contributed by atoms with Gasteiger partial charge in [-0.25, -0.2) is 0 Å². The second kappa shape index (κ2) is 6.81. The zero-order chi connectivity index (χ0) is 14.5. The zero-order valence-corrected chi connectivity index (χ0v) is 12.3. The number of methoxy groups -OCH3 is 1. The summed E-state index contributed by atoms with van der Waals surface area (Å²) in [6.07, 6.45) is 1.32. The Morgan fingerprint density at radius 2 is 2.40 bits per heavy atom. The van der Waals surface area contributed by atoms with E-state index in [4.69, 9.17) is 22.1 Å². The molecule has 1 saturated heterocycles. The molecule has 1 atom stereocenters. The Labute approximate surface area is 124 Å². The molecule has 1 aromatic rings. The maximum atomic E-state index is 12.0. The lowest BCUT2D eigenvalue weighted by Crippen LogP contribution is -2.32. The summed E-state index contributed by atoms with van der Waals surface area (Å²) in [5.41, 5.74) is 6.59. The van der Waals surface area contributed by atoms with Gasteiger partial charge in [0, 0.05) is 37.1 Å². The minimum Gasteiger partial charge on any atom is -0.495 e. The van der Waals surface area contributed by atoms with Crippen LogP contribution in [-0.4, -0.2) is 43.6 Å². The Bertz CT molecular complexity index is 481. The van der Waals surface area contributed by atoms with Crippen LogP contribution in [0.4, 0.5) is 5.69 Å². The van der Waals surface area contributed by atoms with Crippen LogP contribution in [0.25, 0.3) is 0 Å². The van der Waals surface area contributed by atoms with Gasteiger partial charge in [-0.15, -0.1) is 0 Å². The van der Waals surface area contributed by atoms with Crippen LogP contribution in [0.1, 0.15) is 12.8 Å². The second-order valence-corrected chi connectivity index (χ2v) is 5.35. The minimum atomic E-state index is 0.125. The van der Waals surface area contributed by atoms with E-state index < -0.39 is 0 Å². The SMILES string of the molecule is COc1ccc(Cl)cc1NCCC(=O)N1CC[C@@H](N)C1. The van der Waals surface area contributed by atoms with Gasteiger partial charge in [-0.2, -0.15) is 0 Å². The number of ether oxygens (including phenoxy) is 1. The quantitative estimate of drug-likeness (QED) is 0.868. The molecule has 0 saturated carbocycles. The molecule has 0 aromatic heterocycles. The van der Waals surface area contributed by atoms with Crippen molar-refractivity contribution in [2.75, 3.05) is 32.1 Å². The van der Waals surface area contributed by atoms with E-state index >= 15 is 0 Å². The van der Waals surface area contributed by atoms with Crippen molar-refractivity contribution in [3.63, 3.8) is 0 Å². The van der Waals surface area contributed by atoms with Gasteiger partial charge in [0.2, 0.25) is 5.91 Å². The molecular weight excluding hydrogens is 278 g/mol. The molecule has 1 aliphatic rings. The van der Waals surface area contributed by atoms with Gasteiger partial charge in [0.1, 0.15) is 5.75 Å². The molecule has 0 radical (unpaired) electrons. The summed E-state index contributed by atoms with van der Waals surface area (Å²) in [5.74, 6) is 0.844. The summed E-state index contributed by atoms with van der Waals surface area (Å²) >= 11 is 5.95. The number of amides is 1. The smallest absolute Gasteiger partial charge is 0.224 e. The molecule has 0 aliphatic carbocycles. The Kier molecular flexibility index (Phi) is 5.09. The number of anilines is 1. The van der Waals surface area contributed by atoms with E-state index in [-0.39, 0.29) is 11.9 Å². The van der Waals surface area contributed by atoms with Gasteiger partial charge in [-0.05, 0) is 24.6 Å². The van der Waals surface area contributed by atoms with Gasteiger partial charge >= 0.3 is 0 Å². The molecule has 1 aromatic carbocycles. The molecule has 3 N–H and O–H groups in total. The van der Waals surface area contributed by atoms with Gasteiger partial charge in [0.15, 0.2) is 0 Å². The topological polar surface area (TPSA) is 67.6 Å². The highest BCUT2D eigenvalue weighted by molar-refractivity contribution is 6.30. The number of likely N-dealkylation sites (tertiary alicyclic amines) is 1. The number of rotatable bonds is 5. The van der Waals surface area contributed by atoms with Crippen LogP contribution in [0.3, 0.4) is 0 Å². The number of carbonyl (C=O) groups excluding carboxylic acids is 1. The van der Waals surface area contributed by atoms with Crippen molar-refractivity contribution in [2.45, 2.75) is 18.9 Å². The third-order valence-corrected chi connectivity index (χ3v) is 3.63. The van der Waals surface area contributed by atoms with Crippen molar-refractivity contribution in [3.05, 3.63) is 23.2 Å². The summed E-state index contributed by atoms with van der Waals surface area (Å²) in [7, 11) is 1.60. The van der Waals surface area contributed by atoms with Crippen molar-refractivity contribution in [2.24, 2.45) is 5.73 Å². The molecule has 5 nitrogen and oxygen atoms in total. The maximum Gasteiger partial charge on any atom is 0.224 e. The van der Waals surface area contributed by atoms with Gasteiger partial charge in [-0.3, -0.25) is 4.79 Å². The molecule has 0 unspecified atom stereocenters. The summed E-state index contributed by atoms with van der Waals surface area (Å²) in [6.45, 7) is 1.97. The van der Waals surface area contributed by atoms with E-state index in [1.54, 1.807) is 25.3 Å². The Hall–Kier alpha value is -1.46. The molecule has 1 amide bonds. The molecule has 1 heterocycles. The van der Waals surface area contributed by atoms with Gasteiger partial charge in [0.05, 0.1) is 12.8 Å². The molecule has 0 bridgehead atoms. The van der Waals surface area contributed by atoms with Crippen molar-refractivity contribution in [1.82, 2.24) is 4.90 Å². The van der Waals surface area contributed by atoms with Gasteiger partial charge < -0.3 is 20.7 Å². The van der Waals surface area contributed by atoms with Crippen LogP contribution in [0.15, 0.2) is 18.2 Å². The largest absolute Gasteiger partial charge is 0.495 e. The zero-order valence-electron chi connectivity index (χ0n) is 11.6. The van der Waals surface area contributed by atoms with E-state index in [0.29, 0.717) is 30.3 Å². The van der Waals surface area contributed by atoms with Crippen molar-refractivity contribution < 1.29 is 9.53 Å². The molecule has 110 valence electrons. The molecule has 1 fully saturated rings. The molecule has 0 spiro atoms. The monoisotopic (exact) mass is 297 g/mol. The van der Waals surface area contributed by atoms with Crippen molar-refractivity contribution in [1.29, 1.82) is 0 Å². The van der Waals surface area contributed by atoms with Crippen molar-refractivity contribution in [3.8, 4) is 5.75 Å². The van der Waals surface area contributed by atoms with Crippen LogP contribution in [0.5, 0.6) is 5.75 Å². The lowest BCUT2D eigenvalue weighted by molar-refractivity contribution is -0.129. The Morgan fingerprint density at radius 3 is 3.05 bits per heavy atom. The summed E-state index contributed by atoms with van der Waals surface area (Å²) in [4.78, 5) is 13.8. The first kappa shape index (κ1) is 14.9. The number of halogens is 1. The molecule has 6 heteroatoms. The first-order valence-electron chi connectivity index (χ1n) is 6.71. The van der Waals surface area contributed by atoms with Gasteiger partial charge in [-0.1, -0.05) is 11.6 Å². The number of nitrogens with one attached hydrogen (secondary N) is 1. The van der Waals surface area contributed by atoms with Crippen LogP contribution in [0, 0.1) is 0 Å². The average Bonchev–Trinajstić information content (AvgIpc) is 2.86. The van der Waals surface area contributed by atoms with E-state index in [1.165, 1.54) is 0 Å². The van der Waals surface area contributed by atoms with Crippen LogP contribution >= 0.6 is 11.6 Å². The predicted octanol–water partition coefficient (Wildman–Crippen LogP) is 1.71. The van der Waals surface area contributed by atoms with E-state index in [1.807, 2.05) is 4.90 Å². The highest BCUT2D eigenvalue weighted by Gasteiger charge is 2.22. The summed E-state index contributed by atoms with van der Waals surface area (Å²) in [5, 5.41) is 3.81. The lowest BCUT2D eigenvalue weighted by atomic mass is 10.2. The standard InChI is InChI=1S/C14H20ClN3O2/c1-20-13-3-2-10(15)8-12(13)17-6-4-14(19)18-7-5-11(16)9-18/h2-3,8,11,17H,4-7,9,16H2,1H3/t11-/m1/s1. The normalized spacial score (nSPS) is 18.1.